The summed E-state index contributed by atoms with van der Waals surface area (Å²) in [6, 6.07) is 13.4. The summed E-state index contributed by atoms with van der Waals surface area (Å²) in [7, 11) is 1.61. The van der Waals surface area contributed by atoms with Crippen molar-refractivity contribution in [1.29, 1.82) is 0 Å². The van der Waals surface area contributed by atoms with Crippen LogP contribution in [0.2, 0.25) is 0 Å². The van der Waals surface area contributed by atoms with Gasteiger partial charge in [-0.2, -0.15) is 0 Å². The largest absolute Gasteiger partial charge is 0.539 e. The maximum atomic E-state index is 12.6. The second-order valence-corrected chi connectivity index (χ2v) is 7.33. The molecule has 9 heteroatoms. The first kappa shape index (κ1) is 17.3. The molecule has 0 aliphatic carbocycles. The molecule has 6 rings (SSSR count). The van der Waals surface area contributed by atoms with Gasteiger partial charge >= 0.3 is 0 Å². The van der Waals surface area contributed by atoms with E-state index in [9.17, 15) is 5.11 Å². The van der Waals surface area contributed by atoms with Crippen LogP contribution in [0.4, 0.5) is 0 Å². The van der Waals surface area contributed by atoms with Crippen molar-refractivity contribution >= 4 is 5.71 Å². The number of aliphatic imine (C=N–C) groups is 1. The number of hydrogen-bond donors (Lipinski definition) is 0. The maximum Gasteiger partial charge on any atom is 0.286 e. The SMILES string of the molecule is COc1ccc(-[n+]2noc([O-])c2C2=NCCN3C2C3c2ccc3c(c2)OCO3)cc1. The van der Waals surface area contributed by atoms with E-state index in [1.165, 1.54) is 4.68 Å². The van der Waals surface area contributed by atoms with Crippen molar-refractivity contribution in [1.82, 2.24) is 10.2 Å². The van der Waals surface area contributed by atoms with Crippen LogP contribution >= 0.6 is 0 Å². The minimum atomic E-state index is -0.497. The van der Waals surface area contributed by atoms with Crippen LogP contribution in [0.1, 0.15) is 17.3 Å². The minimum absolute atomic E-state index is 0.00396. The van der Waals surface area contributed by atoms with Gasteiger partial charge in [0, 0.05) is 18.7 Å². The third-order valence-corrected chi connectivity index (χ3v) is 5.75. The molecule has 0 bridgehead atoms. The Bertz CT molecular complexity index is 1160. The Morgan fingerprint density at radius 3 is 2.77 bits per heavy atom. The van der Waals surface area contributed by atoms with Crippen molar-refractivity contribution in [2.45, 2.75) is 12.1 Å². The van der Waals surface area contributed by atoms with Crippen molar-refractivity contribution in [3.63, 3.8) is 0 Å². The summed E-state index contributed by atoms with van der Waals surface area (Å²) in [6.45, 7) is 1.68. The van der Waals surface area contributed by atoms with E-state index in [1.807, 2.05) is 42.5 Å². The van der Waals surface area contributed by atoms with Crippen LogP contribution in [0.3, 0.4) is 0 Å². The van der Waals surface area contributed by atoms with E-state index >= 15 is 0 Å². The van der Waals surface area contributed by atoms with Crippen molar-refractivity contribution in [3.8, 4) is 28.9 Å². The van der Waals surface area contributed by atoms with Gasteiger partial charge in [-0.15, -0.1) is 0 Å². The maximum absolute atomic E-state index is 12.6. The first-order valence-corrected chi connectivity index (χ1v) is 9.68. The van der Waals surface area contributed by atoms with Crippen LogP contribution in [-0.2, 0) is 0 Å². The van der Waals surface area contributed by atoms with Crippen molar-refractivity contribution in [2.75, 3.05) is 27.0 Å². The molecule has 3 unspecified atom stereocenters. The third-order valence-electron chi connectivity index (χ3n) is 5.75. The number of nitrogens with zero attached hydrogens (tertiary/aromatic N) is 4. The average molecular weight is 406 g/mol. The van der Waals surface area contributed by atoms with Crippen molar-refractivity contribution < 1.29 is 28.5 Å². The number of ether oxygens (including phenoxy) is 3. The molecule has 3 aliphatic heterocycles. The fourth-order valence-electron chi connectivity index (χ4n) is 4.29. The third kappa shape index (κ3) is 2.55. The summed E-state index contributed by atoms with van der Waals surface area (Å²) < 4.78 is 22.7. The molecule has 0 N–H and O–H groups in total. The van der Waals surface area contributed by atoms with E-state index in [2.05, 4.69) is 10.2 Å². The molecule has 0 radical (unpaired) electrons. The predicted molar refractivity (Wildman–Crippen MR) is 101 cm³/mol. The van der Waals surface area contributed by atoms with E-state index in [1.54, 1.807) is 7.11 Å². The van der Waals surface area contributed by atoms with E-state index < -0.39 is 5.95 Å². The fourth-order valence-corrected chi connectivity index (χ4v) is 4.29. The lowest BCUT2D eigenvalue weighted by Gasteiger charge is -2.09. The van der Waals surface area contributed by atoms with Crippen LogP contribution < -0.4 is 24.0 Å². The number of benzene rings is 2. The molecule has 152 valence electrons. The molecule has 4 heterocycles. The first-order valence-electron chi connectivity index (χ1n) is 9.68. The van der Waals surface area contributed by atoms with Crippen LogP contribution in [0.15, 0.2) is 52.0 Å². The van der Waals surface area contributed by atoms with Crippen molar-refractivity contribution in [2.24, 2.45) is 4.99 Å². The summed E-state index contributed by atoms with van der Waals surface area (Å²) >= 11 is 0. The molecule has 0 amide bonds. The molecule has 0 saturated carbocycles. The number of fused-ring (bicyclic) bond motifs is 2. The molecule has 3 aliphatic rings. The Hall–Kier alpha value is -3.59. The normalized spacial score (nSPS) is 23.6. The van der Waals surface area contributed by atoms with Gasteiger partial charge in [-0.05, 0) is 34.5 Å². The lowest BCUT2D eigenvalue weighted by Crippen LogP contribution is -2.41. The van der Waals surface area contributed by atoms with Crippen molar-refractivity contribution in [3.05, 3.63) is 53.7 Å². The second-order valence-electron chi connectivity index (χ2n) is 7.33. The molecule has 1 saturated heterocycles. The summed E-state index contributed by atoms with van der Waals surface area (Å²) in [6.07, 6.45) is 0. The Balaban J connectivity index is 1.36. The van der Waals surface area contributed by atoms with Gasteiger partial charge in [0.2, 0.25) is 12.5 Å². The van der Waals surface area contributed by atoms with E-state index in [4.69, 9.17) is 23.7 Å². The average Bonchev–Trinajstić information content (AvgIpc) is 3.12. The molecule has 1 fully saturated rings. The van der Waals surface area contributed by atoms with E-state index in [0.29, 0.717) is 23.6 Å². The topological polar surface area (TPSA) is 96.0 Å². The number of rotatable bonds is 4. The number of hydrogen-bond acceptors (Lipinski definition) is 8. The molecular weight excluding hydrogens is 388 g/mol. The summed E-state index contributed by atoms with van der Waals surface area (Å²) in [5, 5.41) is 16.6. The van der Waals surface area contributed by atoms with Crippen LogP contribution in [0.5, 0.6) is 23.2 Å². The predicted octanol–water partition coefficient (Wildman–Crippen LogP) is 0.990. The zero-order valence-electron chi connectivity index (χ0n) is 16.1. The van der Waals surface area contributed by atoms with Gasteiger partial charge in [0.15, 0.2) is 17.4 Å². The second kappa shape index (κ2) is 6.46. The highest BCUT2D eigenvalue weighted by molar-refractivity contribution is 6.06. The van der Waals surface area contributed by atoms with Crippen LogP contribution in [-0.4, -0.2) is 48.9 Å². The standard InChI is InChI=1S/C21H18N4O5/c1-27-14-5-3-13(4-6-14)25-20(21(26)30-23-25)17-19-18(24(19)9-8-22-17)12-2-7-15-16(10-12)29-11-28-15/h2-7,10,18-19H,8-9,11H2,1H3. The molecule has 30 heavy (non-hydrogen) atoms. The zero-order valence-corrected chi connectivity index (χ0v) is 16.1. The molecule has 2 aromatic carbocycles. The number of aromatic nitrogens is 2. The zero-order chi connectivity index (χ0) is 20.2. The summed E-state index contributed by atoms with van der Waals surface area (Å²) in [5.41, 5.74) is 2.87. The highest BCUT2D eigenvalue weighted by Crippen LogP contribution is 2.48. The molecule has 3 atom stereocenters. The van der Waals surface area contributed by atoms with Crippen LogP contribution in [0, 0.1) is 0 Å². The Morgan fingerprint density at radius 1 is 1.10 bits per heavy atom. The highest BCUT2D eigenvalue weighted by atomic mass is 16.7. The summed E-state index contributed by atoms with van der Waals surface area (Å²) in [4.78, 5) is 7.01. The summed E-state index contributed by atoms with van der Waals surface area (Å²) in [5.74, 6) is 1.73. The van der Waals surface area contributed by atoms with Gasteiger partial charge < -0.3 is 23.8 Å². The van der Waals surface area contributed by atoms with Gasteiger partial charge in [-0.3, -0.25) is 9.89 Å². The Morgan fingerprint density at radius 2 is 1.93 bits per heavy atom. The first-order chi connectivity index (χ1) is 14.7. The molecule has 3 aromatic rings. The number of methoxy groups -OCH3 is 1. The molecule has 9 nitrogen and oxygen atoms in total. The van der Waals surface area contributed by atoms with Crippen LogP contribution in [0.25, 0.3) is 5.69 Å². The smallest absolute Gasteiger partial charge is 0.286 e. The highest BCUT2D eigenvalue weighted by Gasteiger charge is 2.56. The van der Waals surface area contributed by atoms with Gasteiger partial charge in [-0.25, -0.2) is 0 Å². The van der Waals surface area contributed by atoms with Gasteiger partial charge in [0.25, 0.3) is 5.69 Å². The molecule has 0 spiro atoms. The lowest BCUT2D eigenvalue weighted by molar-refractivity contribution is -0.671. The van der Waals surface area contributed by atoms with Gasteiger partial charge in [0.05, 0.1) is 31.0 Å². The Kier molecular flexibility index (Phi) is 3.72. The van der Waals surface area contributed by atoms with E-state index in [-0.39, 0.29) is 18.9 Å². The quantitative estimate of drug-likeness (QED) is 0.471. The fraction of sp³-hybridized carbons (Fsp3) is 0.286. The van der Waals surface area contributed by atoms with Gasteiger partial charge in [0.1, 0.15) is 11.5 Å². The Labute approximate surface area is 171 Å². The monoisotopic (exact) mass is 406 g/mol. The van der Waals surface area contributed by atoms with E-state index in [0.717, 1.165) is 29.4 Å². The van der Waals surface area contributed by atoms with Gasteiger partial charge in [-0.1, -0.05) is 6.07 Å². The lowest BCUT2D eigenvalue weighted by atomic mass is 10.0. The minimum Gasteiger partial charge on any atom is -0.539 e. The molecule has 1 aromatic heterocycles. The molecular formula is C21H18N4O5.